The molecule has 0 saturated carbocycles. The van der Waals surface area contributed by atoms with Crippen molar-refractivity contribution in [2.24, 2.45) is 0 Å². The fraction of sp³-hybridized carbons (Fsp3) is 0.458. The fourth-order valence-electron chi connectivity index (χ4n) is 4.59. The minimum Gasteiger partial charge on any atom is -0.379 e. The minimum atomic E-state index is -0.148. The summed E-state index contributed by atoms with van der Waals surface area (Å²) >= 11 is 1.33. The molecule has 0 bridgehead atoms. The first-order valence-corrected chi connectivity index (χ1v) is 12.0. The van der Waals surface area contributed by atoms with Crippen molar-refractivity contribution in [3.63, 3.8) is 0 Å². The van der Waals surface area contributed by atoms with Crippen molar-refractivity contribution in [1.82, 2.24) is 19.8 Å². The van der Waals surface area contributed by atoms with Crippen molar-refractivity contribution in [3.05, 3.63) is 62.0 Å². The van der Waals surface area contributed by atoms with Gasteiger partial charge in [0.2, 0.25) is 0 Å². The van der Waals surface area contributed by atoms with Crippen LogP contribution in [0, 0.1) is 13.8 Å². The molecule has 0 spiro atoms. The van der Waals surface area contributed by atoms with Crippen LogP contribution in [-0.4, -0.2) is 53.2 Å². The van der Waals surface area contributed by atoms with Gasteiger partial charge < -0.3 is 10.1 Å². The second-order valence-electron chi connectivity index (χ2n) is 8.67. The van der Waals surface area contributed by atoms with E-state index in [2.05, 4.69) is 41.4 Å². The number of nitrogens with one attached hydrogen (secondary N) is 1. The molecule has 8 heteroatoms. The summed E-state index contributed by atoms with van der Waals surface area (Å²) < 4.78 is 7.24. The Balaban J connectivity index is 1.45. The molecule has 32 heavy (non-hydrogen) atoms. The Hall–Kier alpha value is -2.55. The maximum atomic E-state index is 13.4. The molecule has 1 unspecified atom stereocenters. The lowest BCUT2D eigenvalue weighted by Crippen LogP contribution is -2.43. The summed E-state index contributed by atoms with van der Waals surface area (Å²) in [6.07, 6.45) is 1.77. The molecule has 3 aromatic rings. The number of ether oxygens (including phenoxy) is 1. The van der Waals surface area contributed by atoms with E-state index in [1.54, 1.807) is 4.57 Å². The molecule has 5 rings (SSSR count). The Labute approximate surface area is 191 Å². The van der Waals surface area contributed by atoms with Gasteiger partial charge in [0.05, 0.1) is 29.5 Å². The molecule has 7 nitrogen and oxygen atoms in total. The molecule has 168 valence electrons. The van der Waals surface area contributed by atoms with Crippen LogP contribution in [-0.2, 0) is 17.7 Å². The highest BCUT2D eigenvalue weighted by atomic mass is 32.1. The van der Waals surface area contributed by atoms with Crippen molar-refractivity contribution in [2.45, 2.75) is 39.3 Å². The Morgan fingerprint density at radius 1 is 1.19 bits per heavy atom. The van der Waals surface area contributed by atoms with Gasteiger partial charge in [0.1, 0.15) is 10.7 Å². The van der Waals surface area contributed by atoms with Gasteiger partial charge in [-0.1, -0.05) is 29.8 Å². The number of nitrogens with zero attached hydrogens (tertiary/aromatic N) is 3. The van der Waals surface area contributed by atoms with E-state index in [1.165, 1.54) is 16.9 Å². The number of hydrogen-bond acceptors (Lipinski definition) is 6. The quantitative estimate of drug-likeness (QED) is 0.644. The van der Waals surface area contributed by atoms with Crippen LogP contribution < -0.4 is 10.9 Å². The van der Waals surface area contributed by atoms with Crippen LogP contribution in [0.4, 0.5) is 0 Å². The Bertz CT molecular complexity index is 1210. The van der Waals surface area contributed by atoms with Crippen molar-refractivity contribution in [1.29, 1.82) is 0 Å². The van der Waals surface area contributed by atoms with Gasteiger partial charge in [-0.25, -0.2) is 4.98 Å². The Morgan fingerprint density at radius 3 is 2.69 bits per heavy atom. The van der Waals surface area contributed by atoms with Gasteiger partial charge in [0, 0.05) is 32.6 Å². The zero-order chi connectivity index (χ0) is 22.2. The van der Waals surface area contributed by atoms with E-state index in [1.807, 2.05) is 6.92 Å². The van der Waals surface area contributed by atoms with Crippen molar-refractivity contribution in [2.75, 3.05) is 32.8 Å². The molecule has 0 aliphatic carbocycles. The third kappa shape index (κ3) is 3.98. The number of aryl methyl sites for hydroxylation is 3. The van der Waals surface area contributed by atoms with Gasteiger partial charge in [0.15, 0.2) is 0 Å². The number of thiophene rings is 1. The van der Waals surface area contributed by atoms with Crippen LogP contribution in [0.2, 0.25) is 0 Å². The van der Waals surface area contributed by atoms with E-state index >= 15 is 0 Å². The number of aromatic nitrogens is 2. The first-order valence-electron chi connectivity index (χ1n) is 11.2. The fourth-order valence-corrected chi connectivity index (χ4v) is 5.68. The van der Waals surface area contributed by atoms with Crippen LogP contribution in [0.3, 0.4) is 0 Å². The summed E-state index contributed by atoms with van der Waals surface area (Å²) in [7, 11) is 0. The van der Waals surface area contributed by atoms with Crippen molar-refractivity contribution in [3.8, 4) is 0 Å². The van der Waals surface area contributed by atoms with E-state index in [9.17, 15) is 9.59 Å². The number of morpholine rings is 1. The lowest BCUT2D eigenvalue weighted by molar-refractivity contribution is 0.0332. The second kappa shape index (κ2) is 8.77. The minimum absolute atomic E-state index is 0.0151. The van der Waals surface area contributed by atoms with Crippen LogP contribution in [0.5, 0.6) is 0 Å². The number of carbonyl (C=O) groups excluding carboxylic acids is 1. The second-order valence-corrected chi connectivity index (χ2v) is 9.67. The van der Waals surface area contributed by atoms with Gasteiger partial charge in [-0.05, 0) is 31.4 Å². The van der Waals surface area contributed by atoms with Gasteiger partial charge in [0.25, 0.3) is 11.5 Å². The number of carbonyl (C=O) groups is 1. The highest BCUT2D eigenvalue weighted by molar-refractivity contribution is 7.20. The van der Waals surface area contributed by atoms with E-state index in [-0.39, 0.29) is 17.5 Å². The maximum Gasteiger partial charge on any atom is 0.262 e. The van der Waals surface area contributed by atoms with Gasteiger partial charge in [-0.2, -0.15) is 0 Å². The average molecular weight is 453 g/mol. The summed E-state index contributed by atoms with van der Waals surface area (Å²) in [5, 5.41) is 3.84. The molecule has 1 saturated heterocycles. The predicted molar refractivity (Wildman–Crippen MR) is 126 cm³/mol. The number of rotatable bonds is 5. The van der Waals surface area contributed by atoms with Crippen molar-refractivity contribution < 1.29 is 9.53 Å². The molecule has 2 aromatic heterocycles. The molecule has 2 aliphatic rings. The largest absolute Gasteiger partial charge is 0.379 e. The molecule has 1 fully saturated rings. The zero-order valence-electron chi connectivity index (χ0n) is 18.5. The number of benzene rings is 1. The zero-order valence-corrected chi connectivity index (χ0v) is 19.3. The van der Waals surface area contributed by atoms with E-state index in [4.69, 9.17) is 9.72 Å². The normalized spacial score (nSPS) is 17.4. The maximum absolute atomic E-state index is 13.4. The van der Waals surface area contributed by atoms with Crippen molar-refractivity contribution >= 4 is 27.5 Å². The molecule has 2 aliphatic heterocycles. The summed E-state index contributed by atoms with van der Waals surface area (Å²) in [6, 6.07) is 8.16. The average Bonchev–Trinajstić information content (AvgIpc) is 3.39. The standard InChI is InChI=1S/C24H28N4O3S/c1-15-5-7-17(8-6-15)18(14-27-10-12-31-13-11-27)25-22(29)21-16(2)20-23(32-21)26-19-4-3-9-28(19)24(20)30/h5-8,18H,3-4,9-14H2,1-2H3,(H,25,29). The van der Waals surface area contributed by atoms with E-state index in [0.717, 1.165) is 49.4 Å². The van der Waals surface area contributed by atoms with Gasteiger partial charge >= 0.3 is 0 Å². The van der Waals surface area contributed by atoms with E-state index < -0.39 is 0 Å². The van der Waals surface area contributed by atoms with Gasteiger partial charge in [-0.3, -0.25) is 19.1 Å². The summed E-state index contributed by atoms with van der Waals surface area (Å²) in [6.45, 7) is 8.48. The number of amides is 1. The predicted octanol–water partition coefficient (Wildman–Crippen LogP) is 2.82. The Morgan fingerprint density at radius 2 is 1.94 bits per heavy atom. The number of hydrogen-bond donors (Lipinski definition) is 1. The molecule has 1 atom stereocenters. The summed E-state index contributed by atoms with van der Waals surface area (Å²) in [5.41, 5.74) is 2.98. The summed E-state index contributed by atoms with van der Waals surface area (Å²) in [5.74, 6) is 0.689. The Kier molecular flexibility index (Phi) is 5.84. The highest BCUT2D eigenvalue weighted by Gasteiger charge is 2.26. The summed E-state index contributed by atoms with van der Waals surface area (Å²) in [4.78, 5) is 34.7. The molecule has 1 amide bonds. The van der Waals surface area contributed by atoms with Crippen LogP contribution in [0.1, 0.15) is 44.6 Å². The SMILES string of the molecule is Cc1ccc(C(CN2CCOCC2)NC(=O)c2sc3nc4n(c(=O)c3c2C)CCC4)cc1. The third-order valence-electron chi connectivity index (χ3n) is 6.45. The first kappa shape index (κ1) is 21.3. The molecule has 0 radical (unpaired) electrons. The topological polar surface area (TPSA) is 76.5 Å². The molecule has 1 aromatic carbocycles. The molecular formula is C24H28N4O3S. The monoisotopic (exact) mass is 452 g/mol. The molecule has 1 N–H and O–H groups in total. The lowest BCUT2D eigenvalue weighted by Gasteiger charge is -2.31. The van der Waals surface area contributed by atoms with Gasteiger partial charge in [-0.15, -0.1) is 11.3 Å². The van der Waals surface area contributed by atoms with E-state index in [0.29, 0.717) is 34.9 Å². The van der Waals surface area contributed by atoms with Crippen LogP contribution >= 0.6 is 11.3 Å². The third-order valence-corrected chi connectivity index (χ3v) is 7.63. The van der Waals surface area contributed by atoms with Crippen LogP contribution in [0.15, 0.2) is 29.1 Å². The first-order chi connectivity index (χ1) is 15.5. The lowest BCUT2D eigenvalue weighted by atomic mass is 10.0. The smallest absolute Gasteiger partial charge is 0.262 e. The highest BCUT2D eigenvalue weighted by Crippen LogP contribution is 2.29. The number of fused-ring (bicyclic) bond motifs is 2. The molecule has 4 heterocycles. The molecular weight excluding hydrogens is 424 g/mol. The van der Waals surface area contributed by atoms with Crippen LogP contribution in [0.25, 0.3) is 10.2 Å².